The second-order valence-electron chi connectivity index (χ2n) is 8.17. The first-order valence-electron chi connectivity index (χ1n) is 8.90. The summed E-state index contributed by atoms with van der Waals surface area (Å²) in [5.41, 5.74) is 6.94. The molecular weight excluding hydrogens is 244 g/mol. The molecule has 0 radical (unpaired) electrons. The van der Waals surface area contributed by atoms with Crippen molar-refractivity contribution in [3.8, 4) is 0 Å². The van der Waals surface area contributed by atoms with Gasteiger partial charge in [-0.1, -0.05) is 40.0 Å². The van der Waals surface area contributed by atoms with Gasteiger partial charge in [0.1, 0.15) is 0 Å². The van der Waals surface area contributed by atoms with Crippen LogP contribution in [0.5, 0.6) is 0 Å². The van der Waals surface area contributed by atoms with Gasteiger partial charge < -0.3 is 10.6 Å². The summed E-state index contributed by atoms with van der Waals surface area (Å²) in [6, 6.07) is 1.01. The van der Waals surface area contributed by atoms with Crippen LogP contribution in [0.4, 0.5) is 0 Å². The molecule has 0 heterocycles. The van der Waals surface area contributed by atoms with E-state index in [4.69, 9.17) is 5.73 Å². The van der Waals surface area contributed by atoms with Crippen molar-refractivity contribution in [2.24, 2.45) is 23.0 Å². The molecule has 2 saturated carbocycles. The summed E-state index contributed by atoms with van der Waals surface area (Å²) in [7, 11) is 2.32. The first-order valence-corrected chi connectivity index (χ1v) is 8.90. The summed E-state index contributed by atoms with van der Waals surface area (Å²) in [6.07, 6.45) is 10.9. The van der Waals surface area contributed by atoms with Crippen molar-refractivity contribution in [3.05, 3.63) is 0 Å². The highest BCUT2D eigenvalue weighted by atomic mass is 15.1. The number of rotatable bonds is 5. The predicted octanol–water partition coefficient (Wildman–Crippen LogP) is 4.04. The van der Waals surface area contributed by atoms with E-state index in [1.165, 1.54) is 57.9 Å². The average Bonchev–Trinajstić information content (AvgIpc) is 2.91. The Balaban J connectivity index is 1.93. The van der Waals surface area contributed by atoms with Crippen LogP contribution in [0, 0.1) is 17.3 Å². The van der Waals surface area contributed by atoms with Crippen LogP contribution in [0.1, 0.15) is 72.1 Å². The van der Waals surface area contributed by atoms with Crippen LogP contribution in [0.15, 0.2) is 0 Å². The Morgan fingerprint density at radius 2 is 1.75 bits per heavy atom. The Kier molecular flexibility index (Phi) is 5.53. The molecule has 2 nitrogen and oxygen atoms in total. The molecule has 3 atom stereocenters. The summed E-state index contributed by atoms with van der Waals surface area (Å²) >= 11 is 0. The van der Waals surface area contributed by atoms with E-state index in [2.05, 4.69) is 32.7 Å². The van der Waals surface area contributed by atoms with Crippen LogP contribution < -0.4 is 5.73 Å². The van der Waals surface area contributed by atoms with Gasteiger partial charge >= 0.3 is 0 Å². The lowest BCUT2D eigenvalue weighted by Gasteiger charge is -2.45. The predicted molar refractivity (Wildman–Crippen MR) is 87.8 cm³/mol. The van der Waals surface area contributed by atoms with Gasteiger partial charge in [-0.05, 0) is 56.4 Å². The molecule has 0 amide bonds. The third-order valence-corrected chi connectivity index (χ3v) is 6.47. The standard InChI is InChI=1S/C18H36N2/c1-5-18(2,3)15-10-11-16(19)17(12-15)20(4)13-14-8-6-7-9-14/h14-17H,5-13,19H2,1-4H3. The van der Waals surface area contributed by atoms with Crippen LogP contribution in [0.3, 0.4) is 0 Å². The first-order chi connectivity index (χ1) is 9.44. The molecular formula is C18H36N2. The highest BCUT2D eigenvalue weighted by Gasteiger charge is 2.37. The Morgan fingerprint density at radius 1 is 1.10 bits per heavy atom. The Hall–Kier alpha value is -0.0800. The Labute approximate surface area is 126 Å². The monoisotopic (exact) mass is 280 g/mol. The number of nitrogens with two attached hydrogens (primary N) is 1. The molecule has 2 fully saturated rings. The van der Waals surface area contributed by atoms with Crippen LogP contribution in [-0.4, -0.2) is 30.6 Å². The highest BCUT2D eigenvalue weighted by Crippen LogP contribution is 2.41. The van der Waals surface area contributed by atoms with Gasteiger partial charge in [0, 0.05) is 18.6 Å². The molecule has 0 aliphatic heterocycles. The number of hydrogen-bond acceptors (Lipinski definition) is 2. The van der Waals surface area contributed by atoms with Crippen LogP contribution in [0.25, 0.3) is 0 Å². The van der Waals surface area contributed by atoms with Crippen molar-refractivity contribution < 1.29 is 0 Å². The molecule has 0 saturated heterocycles. The van der Waals surface area contributed by atoms with E-state index >= 15 is 0 Å². The van der Waals surface area contributed by atoms with E-state index in [0.29, 0.717) is 17.5 Å². The fourth-order valence-corrected chi connectivity index (χ4v) is 4.41. The van der Waals surface area contributed by atoms with Gasteiger partial charge in [-0.2, -0.15) is 0 Å². The molecule has 0 aromatic rings. The summed E-state index contributed by atoms with van der Waals surface area (Å²) in [6.45, 7) is 8.51. The molecule has 118 valence electrons. The Morgan fingerprint density at radius 3 is 2.35 bits per heavy atom. The minimum Gasteiger partial charge on any atom is -0.326 e. The maximum atomic E-state index is 6.46. The molecule has 2 aliphatic carbocycles. The third kappa shape index (κ3) is 3.76. The molecule has 2 heteroatoms. The fourth-order valence-electron chi connectivity index (χ4n) is 4.41. The van der Waals surface area contributed by atoms with E-state index in [1.54, 1.807) is 0 Å². The topological polar surface area (TPSA) is 29.3 Å². The summed E-state index contributed by atoms with van der Waals surface area (Å²) < 4.78 is 0. The molecule has 0 aromatic heterocycles. The fraction of sp³-hybridized carbons (Fsp3) is 1.00. The summed E-state index contributed by atoms with van der Waals surface area (Å²) in [5, 5.41) is 0. The smallest absolute Gasteiger partial charge is 0.0247 e. The van der Waals surface area contributed by atoms with E-state index in [0.717, 1.165) is 11.8 Å². The van der Waals surface area contributed by atoms with Crippen molar-refractivity contribution in [1.29, 1.82) is 0 Å². The van der Waals surface area contributed by atoms with Gasteiger partial charge in [0.25, 0.3) is 0 Å². The third-order valence-electron chi connectivity index (χ3n) is 6.47. The minimum atomic E-state index is 0.394. The van der Waals surface area contributed by atoms with E-state index in [9.17, 15) is 0 Å². The van der Waals surface area contributed by atoms with E-state index < -0.39 is 0 Å². The first kappa shape index (κ1) is 16.3. The maximum absolute atomic E-state index is 6.46. The largest absolute Gasteiger partial charge is 0.326 e. The molecule has 2 rings (SSSR count). The van der Waals surface area contributed by atoms with Crippen molar-refractivity contribution >= 4 is 0 Å². The van der Waals surface area contributed by atoms with Gasteiger partial charge in [-0.25, -0.2) is 0 Å². The van der Waals surface area contributed by atoms with Crippen molar-refractivity contribution in [1.82, 2.24) is 4.90 Å². The highest BCUT2D eigenvalue weighted by molar-refractivity contribution is 4.93. The van der Waals surface area contributed by atoms with Crippen molar-refractivity contribution in [2.45, 2.75) is 84.2 Å². The molecule has 2 aliphatic rings. The lowest BCUT2D eigenvalue weighted by molar-refractivity contribution is 0.0660. The molecule has 20 heavy (non-hydrogen) atoms. The van der Waals surface area contributed by atoms with Gasteiger partial charge in [0.05, 0.1) is 0 Å². The second kappa shape index (κ2) is 6.79. The molecule has 2 N–H and O–H groups in total. The SMILES string of the molecule is CCC(C)(C)C1CCC(N)C(N(C)CC2CCCC2)C1. The molecule has 0 spiro atoms. The maximum Gasteiger partial charge on any atom is 0.0247 e. The number of likely N-dealkylation sites (N-methyl/N-ethyl adjacent to an activating group) is 1. The van der Waals surface area contributed by atoms with Crippen LogP contribution >= 0.6 is 0 Å². The molecule has 0 bridgehead atoms. The normalized spacial score (nSPS) is 33.0. The lowest BCUT2D eigenvalue weighted by Crippen LogP contribution is -2.52. The van der Waals surface area contributed by atoms with Gasteiger partial charge in [-0.15, -0.1) is 0 Å². The van der Waals surface area contributed by atoms with Crippen LogP contribution in [-0.2, 0) is 0 Å². The van der Waals surface area contributed by atoms with E-state index in [1.807, 2.05) is 0 Å². The molecule has 3 unspecified atom stereocenters. The second-order valence-corrected chi connectivity index (χ2v) is 8.17. The zero-order chi connectivity index (χ0) is 14.8. The van der Waals surface area contributed by atoms with E-state index in [-0.39, 0.29) is 0 Å². The molecule has 0 aromatic carbocycles. The summed E-state index contributed by atoms with van der Waals surface area (Å²) in [5.74, 6) is 1.79. The number of nitrogens with zero attached hydrogens (tertiary/aromatic N) is 1. The van der Waals surface area contributed by atoms with Gasteiger partial charge in [0.15, 0.2) is 0 Å². The lowest BCUT2D eigenvalue weighted by atomic mass is 9.67. The Bertz CT molecular complexity index is 294. The van der Waals surface area contributed by atoms with Crippen molar-refractivity contribution in [2.75, 3.05) is 13.6 Å². The van der Waals surface area contributed by atoms with Crippen LogP contribution in [0.2, 0.25) is 0 Å². The zero-order valence-corrected chi connectivity index (χ0v) is 14.2. The zero-order valence-electron chi connectivity index (χ0n) is 14.2. The van der Waals surface area contributed by atoms with Crippen molar-refractivity contribution in [3.63, 3.8) is 0 Å². The number of hydrogen-bond donors (Lipinski definition) is 1. The van der Waals surface area contributed by atoms with Gasteiger partial charge in [-0.3, -0.25) is 0 Å². The minimum absolute atomic E-state index is 0.394. The average molecular weight is 280 g/mol. The summed E-state index contributed by atoms with van der Waals surface area (Å²) in [4.78, 5) is 2.61. The quantitative estimate of drug-likeness (QED) is 0.823. The van der Waals surface area contributed by atoms with Gasteiger partial charge in [0.2, 0.25) is 0 Å².